The molecule has 2 fully saturated rings. The number of alkyl halides is 2. The average Bonchev–Trinajstić information content (AvgIpc) is 2.52. The standard InChI is InChI=1S/C14H16ClF2N3O3/c15-11-7-10(20(21)22)8-18-12(11)19-5-3-13(4-6-19)1-2-14(16,17)9-23-13/h7-8H,1-6,9H2. The molecule has 1 spiro atoms. The van der Waals surface area contributed by atoms with Gasteiger partial charge in [-0.05, 0) is 19.3 Å². The van der Waals surface area contributed by atoms with E-state index < -0.39 is 23.1 Å². The van der Waals surface area contributed by atoms with Crippen molar-refractivity contribution in [2.75, 3.05) is 24.6 Å². The van der Waals surface area contributed by atoms with Crippen molar-refractivity contribution in [1.82, 2.24) is 4.98 Å². The molecule has 0 aliphatic carbocycles. The Morgan fingerprint density at radius 1 is 1.30 bits per heavy atom. The summed E-state index contributed by atoms with van der Waals surface area (Å²) in [7, 11) is 0. The molecule has 2 aliphatic rings. The Hall–Kier alpha value is -1.54. The highest BCUT2D eigenvalue weighted by Gasteiger charge is 2.46. The van der Waals surface area contributed by atoms with Gasteiger partial charge >= 0.3 is 0 Å². The topological polar surface area (TPSA) is 68.5 Å². The number of piperidine rings is 1. The van der Waals surface area contributed by atoms with E-state index in [9.17, 15) is 18.9 Å². The monoisotopic (exact) mass is 347 g/mol. The summed E-state index contributed by atoms with van der Waals surface area (Å²) in [4.78, 5) is 16.1. The van der Waals surface area contributed by atoms with E-state index in [-0.39, 0.29) is 17.1 Å². The number of aromatic nitrogens is 1. The van der Waals surface area contributed by atoms with Gasteiger partial charge in [-0.25, -0.2) is 13.8 Å². The van der Waals surface area contributed by atoms with Gasteiger partial charge in [0.2, 0.25) is 0 Å². The van der Waals surface area contributed by atoms with E-state index in [1.807, 2.05) is 4.90 Å². The van der Waals surface area contributed by atoms with Crippen molar-refractivity contribution in [2.45, 2.75) is 37.2 Å². The molecule has 9 heteroatoms. The van der Waals surface area contributed by atoms with Crippen molar-refractivity contribution in [1.29, 1.82) is 0 Å². The zero-order chi connectivity index (χ0) is 16.7. The molecule has 3 rings (SSSR count). The zero-order valence-corrected chi connectivity index (χ0v) is 13.1. The maximum atomic E-state index is 13.2. The molecular formula is C14H16ClF2N3O3. The second kappa shape index (κ2) is 5.83. The molecule has 2 saturated heterocycles. The van der Waals surface area contributed by atoms with Gasteiger partial charge < -0.3 is 9.64 Å². The summed E-state index contributed by atoms with van der Waals surface area (Å²) in [5.74, 6) is -2.25. The first-order valence-corrected chi connectivity index (χ1v) is 7.75. The molecule has 2 aliphatic heterocycles. The molecule has 23 heavy (non-hydrogen) atoms. The maximum absolute atomic E-state index is 13.2. The number of nitrogens with zero attached hydrogens (tertiary/aromatic N) is 3. The van der Waals surface area contributed by atoms with Crippen LogP contribution in [-0.4, -0.2) is 41.1 Å². The summed E-state index contributed by atoms with van der Waals surface area (Å²) >= 11 is 6.08. The second-order valence-corrected chi connectivity index (χ2v) is 6.48. The molecule has 0 radical (unpaired) electrons. The highest BCUT2D eigenvalue weighted by Crippen LogP contribution is 2.41. The fourth-order valence-electron chi connectivity index (χ4n) is 3.09. The third-order valence-corrected chi connectivity index (χ3v) is 4.81. The summed E-state index contributed by atoms with van der Waals surface area (Å²) in [6.45, 7) is 0.607. The van der Waals surface area contributed by atoms with Crippen LogP contribution >= 0.6 is 11.6 Å². The van der Waals surface area contributed by atoms with Gasteiger partial charge in [-0.2, -0.15) is 0 Å². The Bertz CT molecular complexity index is 609. The smallest absolute Gasteiger partial charge is 0.289 e. The maximum Gasteiger partial charge on any atom is 0.289 e. The number of halogens is 3. The van der Waals surface area contributed by atoms with E-state index in [1.54, 1.807) is 0 Å². The van der Waals surface area contributed by atoms with Crippen molar-refractivity contribution >= 4 is 23.1 Å². The highest BCUT2D eigenvalue weighted by atomic mass is 35.5. The molecule has 0 aromatic carbocycles. The summed E-state index contributed by atoms with van der Waals surface area (Å²) in [6, 6.07) is 1.27. The van der Waals surface area contributed by atoms with Crippen LogP contribution in [0.25, 0.3) is 0 Å². The molecule has 0 atom stereocenters. The van der Waals surface area contributed by atoms with Crippen molar-refractivity contribution in [3.8, 4) is 0 Å². The third-order valence-electron chi connectivity index (χ3n) is 4.53. The van der Waals surface area contributed by atoms with Crippen LogP contribution in [0.4, 0.5) is 20.3 Å². The number of hydrogen-bond donors (Lipinski definition) is 0. The first-order valence-electron chi connectivity index (χ1n) is 7.37. The number of rotatable bonds is 2. The molecule has 0 bridgehead atoms. The van der Waals surface area contributed by atoms with Gasteiger partial charge in [0, 0.05) is 25.6 Å². The lowest BCUT2D eigenvalue weighted by Crippen LogP contribution is -2.51. The Morgan fingerprint density at radius 2 is 2.00 bits per heavy atom. The van der Waals surface area contributed by atoms with Crippen LogP contribution in [0.5, 0.6) is 0 Å². The van der Waals surface area contributed by atoms with Crippen LogP contribution in [0.3, 0.4) is 0 Å². The molecule has 3 heterocycles. The van der Waals surface area contributed by atoms with Crippen LogP contribution in [-0.2, 0) is 4.74 Å². The van der Waals surface area contributed by atoms with Crippen LogP contribution in [0.15, 0.2) is 12.3 Å². The van der Waals surface area contributed by atoms with E-state index >= 15 is 0 Å². The predicted octanol–water partition coefficient (Wildman–Crippen LogP) is 3.43. The van der Waals surface area contributed by atoms with Crippen molar-refractivity contribution < 1.29 is 18.4 Å². The van der Waals surface area contributed by atoms with Gasteiger partial charge in [-0.3, -0.25) is 10.1 Å². The number of anilines is 1. The van der Waals surface area contributed by atoms with E-state index in [0.717, 1.165) is 0 Å². The molecule has 0 saturated carbocycles. The Balaban J connectivity index is 1.66. The van der Waals surface area contributed by atoms with Gasteiger partial charge in [0.25, 0.3) is 11.6 Å². The fraction of sp³-hybridized carbons (Fsp3) is 0.643. The first-order chi connectivity index (χ1) is 10.8. The number of ether oxygens (including phenoxy) is 1. The molecule has 0 N–H and O–H groups in total. The van der Waals surface area contributed by atoms with Gasteiger partial charge in [0.1, 0.15) is 18.6 Å². The molecule has 0 amide bonds. The first kappa shape index (κ1) is 16.3. The number of nitro groups is 1. The number of pyridine rings is 1. The molecule has 1 aromatic heterocycles. The van der Waals surface area contributed by atoms with Crippen LogP contribution in [0.2, 0.25) is 5.02 Å². The normalized spacial score (nSPS) is 23.0. The highest BCUT2D eigenvalue weighted by molar-refractivity contribution is 6.33. The summed E-state index contributed by atoms with van der Waals surface area (Å²) < 4.78 is 31.9. The largest absolute Gasteiger partial charge is 0.369 e. The van der Waals surface area contributed by atoms with E-state index in [0.29, 0.717) is 38.2 Å². The molecule has 0 unspecified atom stereocenters. The number of hydrogen-bond acceptors (Lipinski definition) is 5. The SMILES string of the molecule is O=[N+]([O-])c1cnc(N2CCC3(CC2)CCC(F)(F)CO3)c(Cl)c1. The van der Waals surface area contributed by atoms with Crippen LogP contribution in [0, 0.1) is 10.1 Å². The Kier molecular flexibility index (Phi) is 4.14. The minimum atomic E-state index is -2.73. The Labute approximate surface area is 136 Å². The molecule has 126 valence electrons. The second-order valence-electron chi connectivity index (χ2n) is 6.07. The van der Waals surface area contributed by atoms with Gasteiger partial charge in [-0.1, -0.05) is 11.6 Å². The van der Waals surface area contributed by atoms with Crippen molar-refractivity contribution in [3.63, 3.8) is 0 Å². The van der Waals surface area contributed by atoms with Gasteiger partial charge in [0.05, 0.1) is 15.5 Å². The lowest BCUT2D eigenvalue weighted by atomic mass is 9.83. The zero-order valence-electron chi connectivity index (χ0n) is 12.3. The average molecular weight is 348 g/mol. The van der Waals surface area contributed by atoms with Gasteiger partial charge in [-0.15, -0.1) is 0 Å². The predicted molar refractivity (Wildman–Crippen MR) is 80.2 cm³/mol. The van der Waals surface area contributed by atoms with Crippen molar-refractivity contribution in [3.05, 3.63) is 27.4 Å². The lowest BCUT2D eigenvalue weighted by Gasteiger charge is -2.45. The summed E-state index contributed by atoms with van der Waals surface area (Å²) in [5.41, 5.74) is -0.657. The quantitative estimate of drug-likeness (QED) is 0.605. The van der Waals surface area contributed by atoms with Crippen LogP contribution in [0.1, 0.15) is 25.7 Å². The molecule has 6 nitrogen and oxygen atoms in total. The minimum Gasteiger partial charge on any atom is -0.369 e. The molecule has 1 aromatic rings. The van der Waals surface area contributed by atoms with Crippen LogP contribution < -0.4 is 4.90 Å². The fourth-order valence-corrected chi connectivity index (χ4v) is 3.37. The minimum absolute atomic E-state index is 0.149. The van der Waals surface area contributed by atoms with E-state index in [2.05, 4.69) is 4.98 Å². The summed E-state index contributed by atoms with van der Waals surface area (Å²) in [5, 5.41) is 10.9. The summed E-state index contributed by atoms with van der Waals surface area (Å²) in [6.07, 6.45) is 2.58. The Morgan fingerprint density at radius 3 is 2.52 bits per heavy atom. The lowest BCUT2D eigenvalue weighted by molar-refractivity contribution is -0.385. The van der Waals surface area contributed by atoms with E-state index in [1.165, 1.54) is 12.3 Å². The van der Waals surface area contributed by atoms with E-state index in [4.69, 9.17) is 16.3 Å². The third kappa shape index (κ3) is 3.37. The van der Waals surface area contributed by atoms with Crippen molar-refractivity contribution in [2.24, 2.45) is 0 Å². The molecular weight excluding hydrogens is 332 g/mol. The van der Waals surface area contributed by atoms with Gasteiger partial charge in [0.15, 0.2) is 0 Å².